The Balaban J connectivity index is 1.47. The zero-order chi connectivity index (χ0) is 16.5. The molecule has 1 saturated carbocycles. The molecule has 2 heterocycles. The van der Waals surface area contributed by atoms with E-state index in [1.165, 1.54) is 12.0 Å². The molecule has 2 aromatic rings. The third kappa shape index (κ3) is 2.93. The molecule has 5 heteroatoms. The van der Waals surface area contributed by atoms with Crippen LogP contribution in [0.2, 0.25) is 0 Å². The van der Waals surface area contributed by atoms with Crippen LogP contribution in [-0.4, -0.2) is 29.4 Å². The second-order valence-electron chi connectivity index (χ2n) is 6.64. The van der Waals surface area contributed by atoms with Gasteiger partial charge >= 0.3 is 0 Å². The molecule has 0 unspecified atom stereocenters. The lowest BCUT2D eigenvalue weighted by Crippen LogP contribution is -2.39. The van der Waals surface area contributed by atoms with Crippen LogP contribution < -0.4 is 4.74 Å². The number of aromatic nitrogens is 1. The Bertz CT molecular complexity index is 699. The molecular formula is C19H22N2O2S. The lowest BCUT2D eigenvalue weighted by Gasteiger charge is -2.34. The number of piperidine rings is 1. The maximum absolute atomic E-state index is 13.1. The first kappa shape index (κ1) is 15.6. The molecule has 126 valence electrons. The van der Waals surface area contributed by atoms with E-state index in [-0.39, 0.29) is 12.0 Å². The molecule has 2 aliphatic rings. The van der Waals surface area contributed by atoms with Crippen LogP contribution in [0.1, 0.15) is 48.2 Å². The second-order valence-corrected chi connectivity index (χ2v) is 7.56. The normalized spacial score (nSPS) is 26.2. The minimum Gasteiger partial charge on any atom is -0.497 e. The molecular weight excluding hydrogens is 320 g/mol. The number of benzene rings is 1. The lowest BCUT2D eigenvalue weighted by atomic mass is 10.0. The fourth-order valence-corrected chi connectivity index (χ4v) is 4.54. The van der Waals surface area contributed by atoms with Gasteiger partial charge in [-0.05, 0) is 49.3 Å². The summed E-state index contributed by atoms with van der Waals surface area (Å²) in [5.74, 6) is 1.68. The van der Waals surface area contributed by atoms with Gasteiger partial charge in [-0.25, -0.2) is 4.98 Å². The minimum atomic E-state index is 0.138. The van der Waals surface area contributed by atoms with Crippen LogP contribution in [0.4, 0.5) is 0 Å². The van der Waals surface area contributed by atoms with Crippen LogP contribution in [0.25, 0.3) is 0 Å². The topological polar surface area (TPSA) is 42.4 Å². The zero-order valence-electron chi connectivity index (χ0n) is 13.9. The standard InChI is InChI=1S/C19H22N2O2S/c1-23-14-7-5-13(6-8-14)15-12-16(15)19(22)21-10-3-2-4-17(21)18-20-9-11-24-18/h5-9,11,15-17H,2-4,10,12H2,1H3/t15-,16-,17+/m0/s1. The summed E-state index contributed by atoms with van der Waals surface area (Å²) in [6.45, 7) is 0.870. The van der Waals surface area contributed by atoms with Gasteiger partial charge in [0.15, 0.2) is 0 Å². The van der Waals surface area contributed by atoms with Crippen molar-refractivity contribution >= 4 is 17.2 Å². The molecule has 1 aliphatic heterocycles. The van der Waals surface area contributed by atoms with Gasteiger partial charge in [-0.3, -0.25) is 4.79 Å². The van der Waals surface area contributed by atoms with E-state index in [2.05, 4.69) is 22.0 Å². The first-order valence-electron chi connectivity index (χ1n) is 8.61. The Morgan fingerprint density at radius 1 is 1.29 bits per heavy atom. The third-order valence-corrected chi connectivity index (χ3v) is 6.05. The molecule has 24 heavy (non-hydrogen) atoms. The smallest absolute Gasteiger partial charge is 0.226 e. The summed E-state index contributed by atoms with van der Waals surface area (Å²) in [5.41, 5.74) is 1.25. The number of carbonyl (C=O) groups is 1. The van der Waals surface area contributed by atoms with E-state index < -0.39 is 0 Å². The average molecular weight is 342 g/mol. The van der Waals surface area contributed by atoms with Gasteiger partial charge in [0.05, 0.1) is 13.2 Å². The van der Waals surface area contributed by atoms with Crippen molar-refractivity contribution in [2.45, 2.75) is 37.6 Å². The van der Waals surface area contributed by atoms with Gasteiger partial charge < -0.3 is 9.64 Å². The molecule has 0 spiro atoms. The van der Waals surface area contributed by atoms with E-state index in [9.17, 15) is 4.79 Å². The van der Waals surface area contributed by atoms with Gasteiger partial charge in [-0.2, -0.15) is 0 Å². The van der Waals surface area contributed by atoms with Crippen molar-refractivity contribution in [3.8, 4) is 5.75 Å². The summed E-state index contributed by atoms with van der Waals surface area (Å²) in [5, 5.41) is 3.09. The van der Waals surface area contributed by atoms with Crippen LogP contribution in [0.3, 0.4) is 0 Å². The van der Waals surface area contributed by atoms with Crippen molar-refractivity contribution in [3.05, 3.63) is 46.4 Å². The van der Waals surface area contributed by atoms with Crippen molar-refractivity contribution in [2.75, 3.05) is 13.7 Å². The van der Waals surface area contributed by atoms with E-state index in [0.29, 0.717) is 11.8 Å². The van der Waals surface area contributed by atoms with E-state index in [1.54, 1.807) is 18.4 Å². The Labute approximate surface area is 146 Å². The summed E-state index contributed by atoms with van der Waals surface area (Å²) in [6.07, 6.45) is 6.13. The highest BCUT2D eigenvalue weighted by atomic mass is 32.1. The average Bonchev–Trinajstić information content (AvgIpc) is 3.25. The fourth-order valence-electron chi connectivity index (χ4n) is 3.75. The molecule has 1 aromatic heterocycles. The Hall–Kier alpha value is -1.88. The largest absolute Gasteiger partial charge is 0.497 e. The molecule has 4 rings (SSSR count). The highest BCUT2D eigenvalue weighted by Gasteiger charge is 2.47. The van der Waals surface area contributed by atoms with E-state index >= 15 is 0 Å². The van der Waals surface area contributed by atoms with Crippen LogP contribution in [0.5, 0.6) is 5.75 Å². The molecule has 0 bridgehead atoms. The number of thiazole rings is 1. The summed E-state index contributed by atoms with van der Waals surface area (Å²) >= 11 is 1.67. The van der Waals surface area contributed by atoms with Crippen molar-refractivity contribution in [2.24, 2.45) is 5.92 Å². The highest BCUT2D eigenvalue weighted by Crippen LogP contribution is 2.50. The van der Waals surface area contributed by atoms with Gasteiger partial charge in [-0.1, -0.05) is 12.1 Å². The SMILES string of the molecule is COc1ccc([C@@H]2C[C@@H]2C(=O)N2CCCC[C@@H]2c2nccs2)cc1. The Kier molecular flexibility index (Phi) is 4.27. The number of hydrogen-bond acceptors (Lipinski definition) is 4. The van der Waals surface area contributed by atoms with Gasteiger partial charge in [0, 0.05) is 24.0 Å². The highest BCUT2D eigenvalue weighted by molar-refractivity contribution is 7.09. The van der Waals surface area contributed by atoms with E-state index in [0.717, 1.165) is 36.6 Å². The summed E-state index contributed by atoms with van der Waals surface area (Å²) in [7, 11) is 1.67. The molecule has 1 aliphatic carbocycles. The van der Waals surface area contributed by atoms with Gasteiger partial charge in [0.25, 0.3) is 0 Å². The number of nitrogens with zero attached hydrogens (tertiary/aromatic N) is 2. The molecule has 1 amide bonds. The van der Waals surface area contributed by atoms with Crippen molar-refractivity contribution in [3.63, 3.8) is 0 Å². The van der Waals surface area contributed by atoms with Crippen LogP contribution in [-0.2, 0) is 4.79 Å². The number of methoxy groups -OCH3 is 1. The predicted octanol–water partition coefficient (Wildman–Crippen LogP) is 4.01. The second kappa shape index (κ2) is 6.55. The lowest BCUT2D eigenvalue weighted by molar-refractivity contribution is -0.136. The summed E-state index contributed by atoms with van der Waals surface area (Å²) in [4.78, 5) is 19.6. The molecule has 1 aromatic carbocycles. The van der Waals surface area contributed by atoms with Crippen molar-refractivity contribution < 1.29 is 9.53 Å². The number of hydrogen-bond donors (Lipinski definition) is 0. The number of ether oxygens (including phenoxy) is 1. The van der Waals surface area contributed by atoms with Gasteiger partial charge in [0.2, 0.25) is 5.91 Å². The first-order valence-corrected chi connectivity index (χ1v) is 9.49. The maximum Gasteiger partial charge on any atom is 0.226 e. The predicted molar refractivity (Wildman–Crippen MR) is 94.3 cm³/mol. The third-order valence-electron chi connectivity index (χ3n) is 5.17. The van der Waals surface area contributed by atoms with E-state index in [1.807, 2.05) is 23.7 Å². The molecule has 4 nitrogen and oxygen atoms in total. The summed E-state index contributed by atoms with van der Waals surface area (Å²) < 4.78 is 5.21. The van der Waals surface area contributed by atoms with Gasteiger partial charge in [0.1, 0.15) is 10.8 Å². The van der Waals surface area contributed by atoms with Crippen LogP contribution in [0.15, 0.2) is 35.8 Å². The minimum absolute atomic E-state index is 0.138. The maximum atomic E-state index is 13.1. The Morgan fingerprint density at radius 2 is 2.12 bits per heavy atom. The number of amides is 1. The first-order chi connectivity index (χ1) is 11.8. The number of carbonyl (C=O) groups excluding carboxylic acids is 1. The zero-order valence-corrected chi connectivity index (χ0v) is 14.7. The Morgan fingerprint density at radius 3 is 2.83 bits per heavy atom. The van der Waals surface area contributed by atoms with Crippen LogP contribution >= 0.6 is 11.3 Å². The molecule has 3 atom stereocenters. The van der Waals surface area contributed by atoms with E-state index in [4.69, 9.17) is 4.74 Å². The fraction of sp³-hybridized carbons (Fsp3) is 0.474. The summed E-state index contributed by atoms with van der Waals surface area (Å²) in [6, 6.07) is 8.32. The number of rotatable bonds is 4. The molecule has 1 saturated heterocycles. The molecule has 0 radical (unpaired) electrons. The monoisotopic (exact) mass is 342 g/mol. The van der Waals surface area contributed by atoms with Crippen LogP contribution in [0, 0.1) is 5.92 Å². The quantitative estimate of drug-likeness (QED) is 0.843. The van der Waals surface area contributed by atoms with Crippen molar-refractivity contribution in [1.82, 2.24) is 9.88 Å². The molecule has 2 fully saturated rings. The molecule has 0 N–H and O–H groups in total. The van der Waals surface area contributed by atoms with Gasteiger partial charge in [-0.15, -0.1) is 11.3 Å². The van der Waals surface area contributed by atoms with Crippen molar-refractivity contribution in [1.29, 1.82) is 0 Å². The number of likely N-dealkylation sites (tertiary alicyclic amines) is 1.